The minimum Gasteiger partial charge on any atom is -0.349 e. The molecule has 1 aromatic heterocycles. The second-order valence-electron chi connectivity index (χ2n) is 6.25. The summed E-state index contributed by atoms with van der Waals surface area (Å²) in [4.78, 5) is 16.9. The molecular formula is C18H24N4OS. The molecule has 2 aromatic rings. The summed E-state index contributed by atoms with van der Waals surface area (Å²) < 4.78 is 0. The van der Waals surface area contributed by atoms with Crippen LogP contribution in [-0.2, 0) is 5.75 Å². The quantitative estimate of drug-likeness (QED) is 0.806. The summed E-state index contributed by atoms with van der Waals surface area (Å²) in [5.74, 6) is 0.748. The molecule has 24 heavy (non-hydrogen) atoms. The van der Waals surface area contributed by atoms with Crippen LogP contribution in [0.1, 0.15) is 60.9 Å². The van der Waals surface area contributed by atoms with E-state index in [1.807, 2.05) is 24.3 Å². The van der Waals surface area contributed by atoms with Crippen LogP contribution in [0.4, 0.5) is 0 Å². The Morgan fingerprint density at radius 3 is 2.67 bits per heavy atom. The number of amides is 1. The van der Waals surface area contributed by atoms with Gasteiger partial charge in [-0.2, -0.15) is 5.10 Å². The minimum absolute atomic E-state index is 0.0503. The van der Waals surface area contributed by atoms with E-state index in [-0.39, 0.29) is 5.91 Å². The van der Waals surface area contributed by atoms with Crippen LogP contribution >= 0.6 is 11.8 Å². The van der Waals surface area contributed by atoms with Crippen molar-refractivity contribution in [2.45, 2.75) is 61.9 Å². The van der Waals surface area contributed by atoms with Gasteiger partial charge in [-0.25, -0.2) is 4.98 Å². The molecule has 1 amide bonds. The smallest absolute Gasteiger partial charge is 0.251 e. The molecule has 1 saturated carbocycles. The second-order valence-corrected chi connectivity index (χ2v) is 7.22. The van der Waals surface area contributed by atoms with E-state index in [0.717, 1.165) is 29.1 Å². The van der Waals surface area contributed by atoms with E-state index in [4.69, 9.17) is 0 Å². The Morgan fingerprint density at radius 2 is 1.92 bits per heavy atom. The number of rotatable bonds is 5. The number of carbonyl (C=O) groups is 1. The van der Waals surface area contributed by atoms with Crippen LogP contribution < -0.4 is 5.32 Å². The number of carbonyl (C=O) groups excluding carboxylic acids is 1. The molecule has 1 aromatic carbocycles. The summed E-state index contributed by atoms with van der Waals surface area (Å²) >= 11 is 1.55. The summed E-state index contributed by atoms with van der Waals surface area (Å²) in [5.41, 5.74) is 1.80. The van der Waals surface area contributed by atoms with Crippen LogP contribution in [0.25, 0.3) is 0 Å². The van der Waals surface area contributed by atoms with Gasteiger partial charge in [-0.05, 0) is 24.5 Å². The normalized spacial score (nSPS) is 16.3. The Labute approximate surface area is 147 Å². The first-order valence-corrected chi connectivity index (χ1v) is 9.68. The summed E-state index contributed by atoms with van der Waals surface area (Å²) in [6, 6.07) is 8.14. The average Bonchev–Trinajstić information content (AvgIpc) is 3.09. The van der Waals surface area contributed by atoms with Gasteiger partial charge in [-0.3, -0.25) is 9.89 Å². The van der Waals surface area contributed by atoms with Gasteiger partial charge in [0.1, 0.15) is 6.33 Å². The number of hydrogen-bond donors (Lipinski definition) is 2. The monoisotopic (exact) mass is 344 g/mol. The van der Waals surface area contributed by atoms with E-state index in [1.165, 1.54) is 38.4 Å². The fourth-order valence-electron chi connectivity index (χ4n) is 3.14. The molecule has 0 saturated heterocycles. The number of benzene rings is 1. The lowest BCUT2D eigenvalue weighted by Gasteiger charge is -2.21. The maximum absolute atomic E-state index is 12.7. The number of hydrogen-bond acceptors (Lipinski definition) is 4. The van der Waals surface area contributed by atoms with Crippen LogP contribution in [0.2, 0.25) is 0 Å². The first-order valence-electron chi connectivity index (χ1n) is 8.70. The molecule has 0 bridgehead atoms. The molecule has 0 aliphatic heterocycles. The Kier molecular flexibility index (Phi) is 6.29. The molecule has 1 heterocycles. The molecule has 0 atom stereocenters. The van der Waals surface area contributed by atoms with E-state index in [1.54, 1.807) is 11.8 Å². The molecule has 5 nitrogen and oxygen atoms in total. The Hall–Kier alpha value is -1.82. The molecule has 0 radical (unpaired) electrons. The maximum Gasteiger partial charge on any atom is 0.251 e. The van der Waals surface area contributed by atoms with Crippen molar-refractivity contribution in [1.29, 1.82) is 0 Å². The van der Waals surface area contributed by atoms with Crippen molar-refractivity contribution in [2.75, 3.05) is 0 Å². The third-order valence-electron chi connectivity index (χ3n) is 4.46. The van der Waals surface area contributed by atoms with Gasteiger partial charge in [-0.15, -0.1) is 0 Å². The predicted octanol–water partition coefficient (Wildman–Crippen LogP) is 3.94. The highest BCUT2D eigenvalue weighted by atomic mass is 32.2. The van der Waals surface area contributed by atoms with Crippen LogP contribution in [0.15, 0.2) is 35.7 Å². The molecule has 0 spiro atoms. The lowest BCUT2D eigenvalue weighted by Crippen LogP contribution is -2.35. The topological polar surface area (TPSA) is 70.7 Å². The molecule has 6 heteroatoms. The van der Waals surface area contributed by atoms with Crippen LogP contribution in [0, 0.1) is 0 Å². The molecule has 128 valence electrons. The third-order valence-corrected chi connectivity index (χ3v) is 5.39. The van der Waals surface area contributed by atoms with Gasteiger partial charge in [0.25, 0.3) is 5.91 Å². The number of nitrogens with one attached hydrogen (secondary N) is 2. The van der Waals surface area contributed by atoms with Gasteiger partial charge >= 0.3 is 0 Å². The number of nitrogens with zero attached hydrogens (tertiary/aromatic N) is 2. The fourth-order valence-corrected chi connectivity index (χ4v) is 3.92. The fraction of sp³-hybridized carbons (Fsp3) is 0.500. The Morgan fingerprint density at radius 1 is 1.17 bits per heavy atom. The molecule has 3 rings (SSSR count). The summed E-state index contributed by atoms with van der Waals surface area (Å²) in [6.07, 6.45) is 10.0. The molecule has 2 N–H and O–H groups in total. The van der Waals surface area contributed by atoms with Crippen molar-refractivity contribution in [1.82, 2.24) is 20.5 Å². The average molecular weight is 344 g/mol. The summed E-state index contributed by atoms with van der Waals surface area (Å²) in [5, 5.41) is 10.7. The van der Waals surface area contributed by atoms with E-state index in [2.05, 4.69) is 20.5 Å². The minimum atomic E-state index is 0.0503. The van der Waals surface area contributed by atoms with Crippen molar-refractivity contribution in [2.24, 2.45) is 0 Å². The lowest BCUT2D eigenvalue weighted by molar-refractivity contribution is 0.0929. The standard InChI is InChI=1S/C18H24N4OS/c23-17(21-15-9-4-2-1-3-5-10-15)16-11-7-6-8-14(16)12-24-18-19-13-20-22-18/h6-8,11,13,15H,1-5,9-10,12H2,(H,21,23)(H,19,20,22). The number of aromatic nitrogens is 3. The first-order chi connectivity index (χ1) is 11.8. The number of aromatic amines is 1. The second kappa shape index (κ2) is 8.87. The highest BCUT2D eigenvalue weighted by Crippen LogP contribution is 2.22. The largest absolute Gasteiger partial charge is 0.349 e. The van der Waals surface area contributed by atoms with Crippen molar-refractivity contribution in [3.8, 4) is 0 Å². The molecule has 1 aliphatic rings. The maximum atomic E-state index is 12.7. The van der Waals surface area contributed by atoms with Crippen molar-refractivity contribution < 1.29 is 4.79 Å². The Balaban J connectivity index is 1.63. The van der Waals surface area contributed by atoms with Gasteiger partial charge in [0.05, 0.1) is 0 Å². The zero-order chi connectivity index (χ0) is 16.6. The molecular weight excluding hydrogens is 320 g/mol. The van der Waals surface area contributed by atoms with E-state index in [9.17, 15) is 4.79 Å². The van der Waals surface area contributed by atoms with Crippen LogP contribution in [-0.4, -0.2) is 27.1 Å². The molecule has 1 aliphatic carbocycles. The van der Waals surface area contributed by atoms with Crippen LogP contribution in [0.5, 0.6) is 0 Å². The van der Waals surface area contributed by atoms with Gasteiger partial charge < -0.3 is 5.32 Å². The zero-order valence-corrected chi connectivity index (χ0v) is 14.6. The molecule has 1 fully saturated rings. The number of thioether (sulfide) groups is 1. The number of H-pyrrole nitrogens is 1. The highest BCUT2D eigenvalue weighted by Gasteiger charge is 2.17. The van der Waals surface area contributed by atoms with Gasteiger partial charge in [0.2, 0.25) is 0 Å². The zero-order valence-electron chi connectivity index (χ0n) is 13.8. The van der Waals surface area contributed by atoms with Crippen molar-refractivity contribution in [3.05, 3.63) is 41.7 Å². The van der Waals surface area contributed by atoms with Gasteiger partial charge in [0.15, 0.2) is 5.16 Å². The van der Waals surface area contributed by atoms with E-state index >= 15 is 0 Å². The SMILES string of the molecule is O=C(NC1CCCCCCC1)c1ccccc1CSc1ncn[nH]1. The van der Waals surface area contributed by atoms with Crippen molar-refractivity contribution in [3.63, 3.8) is 0 Å². The van der Waals surface area contributed by atoms with Gasteiger partial charge in [-0.1, -0.05) is 62.1 Å². The highest BCUT2D eigenvalue weighted by molar-refractivity contribution is 7.98. The summed E-state index contributed by atoms with van der Waals surface area (Å²) in [6.45, 7) is 0. The van der Waals surface area contributed by atoms with E-state index in [0.29, 0.717) is 11.8 Å². The molecule has 0 unspecified atom stereocenters. The van der Waals surface area contributed by atoms with E-state index < -0.39 is 0 Å². The van der Waals surface area contributed by atoms with Crippen molar-refractivity contribution >= 4 is 17.7 Å². The Bertz CT molecular complexity index is 636. The predicted molar refractivity (Wildman–Crippen MR) is 96.0 cm³/mol. The van der Waals surface area contributed by atoms with Gasteiger partial charge in [0, 0.05) is 17.4 Å². The first kappa shape index (κ1) is 17.0. The van der Waals surface area contributed by atoms with Crippen LogP contribution in [0.3, 0.4) is 0 Å². The summed E-state index contributed by atoms with van der Waals surface area (Å²) in [7, 11) is 0. The lowest BCUT2D eigenvalue weighted by atomic mass is 9.96. The third kappa shape index (κ3) is 4.84.